The lowest BCUT2D eigenvalue weighted by Crippen LogP contribution is -2.21. The summed E-state index contributed by atoms with van der Waals surface area (Å²) < 4.78 is 52.9. The number of nitrogens with zero attached hydrogens (tertiary/aromatic N) is 2. The van der Waals surface area contributed by atoms with Crippen LogP contribution in [0, 0.1) is 11.7 Å². The molecule has 1 N–H and O–H groups in total. The highest BCUT2D eigenvalue weighted by atomic mass is 35.5. The number of halogens is 5. The van der Waals surface area contributed by atoms with Gasteiger partial charge in [0.1, 0.15) is 12.4 Å². The number of aromatic nitrogens is 2. The van der Waals surface area contributed by atoms with E-state index in [0.29, 0.717) is 17.5 Å². The molecular formula is C21H25ClF4N2O3. The lowest BCUT2D eigenvalue weighted by Gasteiger charge is -2.13. The maximum Gasteiger partial charge on any atom is 0.490 e. The van der Waals surface area contributed by atoms with Gasteiger partial charge >= 0.3 is 12.1 Å². The van der Waals surface area contributed by atoms with Crippen molar-refractivity contribution in [2.45, 2.75) is 64.8 Å². The second-order valence-electron chi connectivity index (χ2n) is 7.38. The molecule has 1 aliphatic carbocycles. The van der Waals surface area contributed by atoms with Crippen molar-refractivity contribution < 1.29 is 32.2 Å². The van der Waals surface area contributed by atoms with E-state index in [1.165, 1.54) is 37.8 Å². The van der Waals surface area contributed by atoms with Gasteiger partial charge in [-0.25, -0.2) is 13.9 Å². The Kier molecular flexibility index (Phi) is 9.15. The summed E-state index contributed by atoms with van der Waals surface area (Å²) in [5.41, 5.74) is 1.85. The number of hydrogen-bond acceptors (Lipinski definition) is 3. The van der Waals surface area contributed by atoms with Crippen LogP contribution >= 0.6 is 11.6 Å². The van der Waals surface area contributed by atoms with Crippen molar-refractivity contribution in [2.75, 3.05) is 0 Å². The van der Waals surface area contributed by atoms with Gasteiger partial charge in [0, 0.05) is 18.2 Å². The molecule has 10 heteroatoms. The minimum absolute atomic E-state index is 0.320. The van der Waals surface area contributed by atoms with Gasteiger partial charge in [0.2, 0.25) is 5.88 Å². The number of aryl methyl sites for hydroxylation is 1. The molecule has 0 unspecified atom stereocenters. The van der Waals surface area contributed by atoms with Crippen LogP contribution in [0.25, 0.3) is 0 Å². The maximum absolute atomic E-state index is 13.2. The monoisotopic (exact) mass is 464 g/mol. The lowest BCUT2D eigenvalue weighted by atomic mass is 10.1. The van der Waals surface area contributed by atoms with Crippen molar-refractivity contribution in [1.82, 2.24) is 9.78 Å². The van der Waals surface area contributed by atoms with Gasteiger partial charge in [0.25, 0.3) is 0 Å². The van der Waals surface area contributed by atoms with E-state index in [-0.39, 0.29) is 5.82 Å². The number of alkyl halides is 3. The summed E-state index contributed by atoms with van der Waals surface area (Å²) in [6.45, 7) is 3.38. The number of rotatable bonds is 7. The van der Waals surface area contributed by atoms with Crippen LogP contribution in [0.1, 0.15) is 50.3 Å². The van der Waals surface area contributed by atoms with E-state index in [9.17, 15) is 17.6 Å². The smallest absolute Gasteiger partial charge is 0.475 e. The Labute approximate surface area is 183 Å². The van der Waals surface area contributed by atoms with Gasteiger partial charge in [-0.1, -0.05) is 43.9 Å². The second-order valence-corrected chi connectivity index (χ2v) is 7.79. The fraction of sp³-hybridized carbons (Fsp3) is 0.524. The van der Waals surface area contributed by atoms with E-state index in [1.54, 1.807) is 6.07 Å². The molecule has 0 radical (unpaired) electrons. The molecule has 3 rings (SSSR count). The van der Waals surface area contributed by atoms with Crippen molar-refractivity contribution in [2.24, 2.45) is 5.92 Å². The van der Waals surface area contributed by atoms with Crippen LogP contribution in [-0.2, 0) is 24.4 Å². The first kappa shape index (κ1) is 25.0. The Morgan fingerprint density at radius 2 is 1.94 bits per heavy atom. The van der Waals surface area contributed by atoms with Crippen molar-refractivity contribution in [3.63, 3.8) is 0 Å². The van der Waals surface area contributed by atoms with Crippen molar-refractivity contribution in [3.05, 3.63) is 46.4 Å². The molecule has 0 amide bonds. The molecular weight excluding hydrogens is 440 g/mol. The van der Waals surface area contributed by atoms with E-state index in [2.05, 4.69) is 6.92 Å². The van der Waals surface area contributed by atoms with Gasteiger partial charge in [-0.05, 0) is 37.3 Å². The third kappa shape index (κ3) is 8.05. The molecule has 0 aliphatic heterocycles. The molecule has 31 heavy (non-hydrogen) atoms. The molecule has 0 bridgehead atoms. The molecule has 172 valence electrons. The van der Waals surface area contributed by atoms with Gasteiger partial charge in [-0.2, -0.15) is 18.3 Å². The Balaban J connectivity index is 0.000000423. The van der Waals surface area contributed by atoms with Gasteiger partial charge in [-0.15, -0.1) is 0 Å². The average molecular weight is 465 g/mol. The van der Waals surface area contributed by atoms with E-state index in [1.807, 2.05) is 10.7 Å². The Morgan fingerprint density at radius 1 is 1.29 bits per heavy atom. The van der Waals surface area contributed by atoms with Gasteiger partial charge < -0.3 is 9.84 Å². The van der Waals surface area contributed by atoms with Crippen LogP contribution in [0.2, 0.25) is 5.02 Å². The quantitative estimate of drug-likeness (QED) is 0.508. The number of benzene rings is 1. The SMILES string of the molecule is CCCc1cc(OCc2ccc(F)cc2Cl)n(CC2CCCC2)n1.O=C(O)C(F)(F)F. The summed E-state index contributed by atoms with van der Waals surface area (Å²) in [4.78, 5) is 8.90. The fourth-order valence-corrected chi connectivity index (χ4v) is 3.53. The van der Waals surface area contributed by atoms with E-state index < -0.39 is 12.1 Å². The molecule has 1 fully saturated rings. The number of carboxylic acids is 1. The van der Waals surface area contributed by atoms with Crippen molar-refractivity contribution >= 4 is 17.6 Å². The van der Waals surface area contributed by atoms with Crippen molar-refractivity contribution in [1.29, 1.82) is 0 Å². The summed E-state index contributed by atoms with van der Waals surface area (Å²) in [6.07, 6.45) is 2.09. The van der Waals surface area contributed by atoms with E-state index in [0.717, 1.165) is 36.5 Å². The van der Waals surface area contributed by atoms with Gasteiger partial charge in [0.05, 0.1) is 10.7 Å². The molecule has 1 aromatic carbocycles. The summed E-state index contributed by atoms with van der Waals surface area (Å²) >= 11 is 6.09. The zero-order chi connectivity index (χ0) is 23.0. The predicted octanol–water partition coefficient (Wildman–Crippen LogP) is 6.03. The van der Waals surface area contributed by atoms with E-state index in [4.69, 9.17) is 31.3 Å². The number of ether oxygens (including phenoxy) is 1. The Bertz CT molecular complexity index is 865. The Hall–Kier alpha value is -2.29. The van der Waals surface area contributed by atoms with Crippen LogP contribution in [0.15, 0.2) is 24.3 Å². The highest BCUT2D eigenvalue weighted by molar-refractivity contribution is 6.31. The normalized spacial score (nSPS) is 14.3. The average Bonchev–Trinajstić information content (AvgIpc) is 3.31. The molecule has 0 saturated heterocycles. The van der Waals surface area contributed by atoms with Crippen LogP contribution in [-0.4, -0.2) is 27.0 Å². The highest BCUT2D eigenvalue weighted by Crippen LogP contribution is 2.28. The first-order chi connectivity index (χ1) is 14.6. The molecule has 1 heterocycles. The largest absolute Gasteiger partial charge is 0.490 e. The van der Waals surface area contributed by atoms with Crippen molar-refractivity contribution in [3.8, 4) is 5.88 Å². The standard InChI is InChI=1S/C19H24ClFN2O.C2HF3O2/c1-2-5-17-11-19(23(22-17)12-14-6-3-4-7-14)24-13-15-8-9-16(21)10-18(15)20;3-2(4,5)1(6)7/h8-11,14H,2-7,12-13H2,1H3;(H,6,7). The first-order valence-electron chi connectivity index (χ1n) is 10.0. The third-order valence-electron chi connectivity index (χ3n) is 4.84. The third-order valence-corrected chi connectivity index (χ3v) is 5.19. The van der Waals surface area contributed by atoms with E-state index >= 15 is 0 Å². The summed E-state index contributed by atoms with van der Waals surface area (Å²) in [6, 6.07) is 6.42. The van der Waals surface area contributed by atoms with Crippen LogP contribution < -0.4 is 4.74 Å². The minimum Gasteiger partial charge on any atom is -0.475 e. The summed E-state index contributed by atoms with van der Waals surface area (Å²) in [5, 5.41) is 12.2. The number of hydrogen-bond donors (Lipinski definition) is 1. The topological polar surface area (TPSA) is 64.4 Å². The van der Waals surface area contributed by atoms with Gasteiger partial charge in [-0.3, -0.25) is 0 Å². The molecule has 2 aromatic rings. The molecule has 0 atom stereocenters. The highest BCUT2D eigenvalue weighted by Gasteiger charge is 2.38. The predicted molar refractivity (Wildman–Crippen MR) is 108 cm³/mol. The molecule has 1 saturated carbocycles. The lowest BCUT2D eigenvalue weighted by molar-refractivity contribution is -0.192. The summed E-state index contributed by atoms with van der Waals surface area (Å²) in [5.74, 6) is -1.62. The molecule has 0 spiro atoms. The second kappa shape index (κ2) is 11.4. The van der Waals surface area contributed by atoms with Crippen LogP contribution in [0.5, 0.6) is 5.88 Å². The zero-order valence-electron chi connectivity index (χ0n) is 17.1. The maximum atomic E-state index is 13.2. The number of carboxylic acid groups (broad SMARTS) is 1. The summed E-state index contributed by atoms with van der Waals surface area (Å²) in [7, 11) is 0. The Morgan fingerprint density at radius 3 is 2.48 bits per heavy atom. The molecule has 1 aliphatic rings. The molecule has 1 aromatic heterocycles. The number of carbonyl (C=O) groups is 1. The van der Waals surface area contributed by atoms with Crippen LogP contribution in [0.4, 0.5) is 17.6 Å². The first-order valence-corrected chi connectivity index (χ1v) is 10.4. The van der Waals surface area contributed by atoms with Gasteiger partial charge in [0.15, 0.2) is 0 Å². The number of aliphatic carboxylic acids is 1. The fourth-order valence-electron chi connectivity index (χ4n) is 3.30. The molecule has 5 nitrogen and oxygen atoms in total. The zero-order valence-corrected chi connectivity index (χ0v) is 17.8. The van der Waals surface area contributed by atoms with Crippen LogP contribution in [0.3, 0.4) is 0 Å². The minimum atomic E-state index is -5.08.